The van der Waals surface area contributed by atoms with Crippen LogP contribution in [-0.2, 0) is 4.79 Å². The van der Waals surface area contributed by atoms with E-state index in [9.17, 15) is 9.59 Å². The summed E-state index contributed by atoms with van der Waals surface area (Å²) in [7, 11) is 0. The molecule has 98 valence electrons. The minimum Gasteiger partial charge on any atom is -0.481 e. The number of hydrogen-bond acceptors (Lipinski definition) is 2. The second-order valence-electron chi connectivity index (χ2n) is 4.84. The largest absolute Gasteiger partial charge is 0.481 e. The molecule has 0 radical (unpaired) electrons. The number of urea groups is 1. The molecule has 17 heavy (non-hydrogen) atoms. The van der Waals surface area contributed by atoms with Gasteiger partial charge >= 0.3 is 12.0 Å². The molecule has 5 heteroatoms. The molecule has 0 aliphatic heterocycles. The number of carboxylic acids is 1. The standard InChI is InChI=1S/C12H22N2O3/c1-3-9(7-11(15)16)13-12(17)14-10-6-4-5-8(10)2/h8-10H,3-7H2,1-2H3,(H,15,16)(H2,13,14,17). The summed E-state index contributed by atoms with van der Waals surface area (Å²) in [6.07, 6.45) is 3.92. The van der Waals surface area contributed by atoms with E-state index in [0.717, 1.165) is 19.3 Å². The van der Waals surface area contributed by atoms with Crippen molar-refractivity contribution in [3.8, 4) is 0 Å². The van der Waals surface area contributed by atoms with Crippen LogP contribution in [0.5, 0.6) is 0 Å². The van der Waals surface area contributed by atoms with Crippen molar-refractivity contribution in [2.45, 2.75) is 58.0 Å². The zero-order chi connectivity index (χ0) is 12.8. The first-order valence-corrected chi connectivity index (χ1v) is 6.31. The predicted molar refractivity (Wildman–Crippen MR) is 64.8 cm³/mol. The average Bonchev–Trinajstić information content (AvgIpc) is 2.62. The zero-order valence-electron chi connectivity index (χ0n) is 10.5. The Morgan fingerprint density at radius 1 is 1.41 bits per heavy atom. The number of hydrogen-bond donors (Lipinski definition) is 3. The highest BCUT2D eigenvalue weighted by molar-refractivity contribution is 5.76. The van der Waals surface area contributed by atoms with E-state index in [-0.39, 0.29) is 24.5 Å². The molecule has 0 spiro atoms. The van der Waals surface area contributed by atoms with Gasteiger partial charge in [0.05, 0.1) is 6.42 Å². The Balaban J connectivity index is 2.34. The summed E-state index contributed by atoms with van der Waals surface area (Å²) >= 11 is 0. The van der Waals surface area contributed by atoms with Gasteiger partial charge in [-0.15, -0.1) is 0 Å². The van der Waals surface area contributed by atoms with E-state index in [1.54, 1.807) is 0 Å². The van der Waals surface area contributed by atoms with Gasteiger partial charge in [-0.05, 0) is 25.2 Å². The summed E-state index contributed by atoms with van der Waals surface area (Å²) in [4.78, 5) is 22.3. The topological polar surface area (TPSA) is 78.4 Å². The fraction of sp³-hybridized carbons (Fsp3) is 0.833. The Labute approximate surface area is 102 Å². The average molecular weight is 242 g/mol. The Morgan fingerprint density at radius 3 is 2.59 bits per heavy atom. The van der Waals surface area contributed by atoms with Crippen molar-refractivity contribution in [2.75, 3.05) is 0 Å². The van der Waals surface area contributed by atoms with Gasteiger partial charge in [0.1, 0.15) is 0 Å². The van der Waals surface area contributed by atoms with E-state index >= 15 is 0 Å². The minimum absolute atomic E-state index is 0.0237. The highest BCUT2D eigenvalue weighted by Gasteiger charge is 2.25. The van der Waals surface area contributed by atoms with Crippen molar-refractivity contribution in [3.05, 3.63) is 0 Å². The third kappa shape index (κ3) is 4.63. The van der Waals surface area contributed by atoms with Gasteiger partial charge in [0, 0.05) is 12.1 Å². The lowest BCUT2D eigenvalue weighted by Crippen LogP contribution is -2.47. The highest BCUT2D eigenvalue weighted by Crippen LogP contribution is 2.24. The summed E-state index contributed by atoms with van der Waals surface area (Å²) in [6.45, 7) is 4.00. The second-order valence-corrected chi connectivity index (χ2v) is 4.84. The normalized spacial score (nSPS) is 25.3. The van der Waals surface area contributed by atoms with Crippen molar-refractivity contribution in [2.24, 2.45) is 5.92 Å². The van der Waals surface area contributed by atoms with Gasteiger partial charge in [0.15, 0.2) is 0 Å². The van der Waals surface area contributed by atoms with Crippen LogP contribution in [-0.4, -0.2) is 29.2 Å². The summed E-state index contributed by atoms with van der Waals surface area (Å²) in [6, 6.07) is -0.293. The molecule has 3 atom stereocenters. The zero-order valence-corrected chi connectivity index (χ0v) is 10.5. The first kappa shape index (κ1) is 13.8. The molecular weight excluding hydrogens is 220 g/mol. The van der Waals surface area contributed by atoms with Crippen LogP contribution in [0.2, 0.25) is 0 Å². The lowest BCUT2D eigenvalue weighted by atomic mass is 10.1. The van der Waals surface area contributed by atoms with Crippen molar-refractivity contribution in [3.63, 3.8) is 0 Å². The fourth-order valence-electron chi connectivity index (χ4n) is 2.26. The molecule has 1 aliphatic carbocycles. The van der Waals surface area contributed by atoms with E-state index in [2.05, 4.69) is 17.6 Å². The number of carbonyl (C=O) groups excluding carboxylic acids is 1. The van der Waals surface area contributed by atoms with Crippen LogP contribution in [0.4, 0.5) is 4.79 Å². The van der Waals surface area contributed by atoms with Crippen LogP contribution in [0.25, 0.3) is 0 Å². The van der Waals surface area contributed by atoms with Crippen LogP contribution < -0.4 is 10.6 Å². The van der Waals surface area contributed by atoms with Crippen molar-refractivity contribution < 1.29 is 14.7 Å². The molecule has 1 rings (SSSR count). The minimum atomic E-state index is -0.883. The fourth-order valence-corrected chi connectivity index (χ4v) is 2.26. The van der Waals surface area contributed by atoms with Crippen LogP contribution >= 0.6 is 0 Å². The number of nitrogens with one attached hydrogen (secondary N) is 2. The van der Waals surface area contributed by atoms with Crippen LogP contribution in [0, 0.1) is 5.92 Å². The molecular formula is C12H22N2O3. The molecule has 0 heterocycles. The summed E-state index contributed by atoms with van der Waals surface area (Å²) in [5.41, 5.74) is 0. The number of rotatable bonds is 5. The van der Waals surface area contributed by atoms with Crippen LogP contribution in [0.15, 0.2) is 0 Å². The maximum Gasteiger partial charge on any atom is 0.315 e. The number of aliphatic carboxylic acids is 1. The van der Waals surface area contributed by atoms with Gasteiger partial charge in [-0.2, -0.15) is 0 Å². The van der Waals surface area contributed by atoms with Gasteiger partial charge < -0.3 is 15.7 Å². The monoisotopic (exact) mass is 242 g/mol. The molecule has 2 amide bonds. The number of carboxylic acid groups (broad SMARTS) is 1. The van der Waals surface area contributed by atoms with E-state index in [1.807, 2.05) is 6.92 Å². The van der Waals surface area contributed by atoms with Crippen molar-refractivity contribution >= 4 is 12.0 Å². The van der Waals surface area contributed by atoms with E-state index < -0.39 is 5.97 Å². The third-order valence-corrected chi connectivity index (χ3v) is 3.43. The first-order valence-electron chi connectivity index (χ1n) is 6.31. The SMILES string of the molecule is CCC(CC(=O)O)NC(=O)NC1CCCC1C. The van der Waals surface area contributed by atoms with Gasteiger partial charge in [0.25, 0.3) is 0 Å². The summed E-state index contributed by atoms with van der Waals surface area (Å²) in [5.74, 6) is -0.369. The molecule has 0 aromatic heterocycles. The van der Waals surface area contributed by atoms with Crippen LogP contribution in [0.3, 0.4) is 0 Å². The van der Waals surface area contributed by atoms with E-state index in [4.69, 9.17) is 5.11 Å². The van der Waals surface area contributed by atoms with E-state index in [1.165, 1.54) is 0 Å². The molecule has 3 unspecified atom stereocenters. The third-order valence-electron chi connectivity index (χ3n) is 3.43. The van der Waals surface area contributed by atoms with Gasteiger partial charge in [-0.25, -0.2) is 4.79 Å². The Bertz CT molecular complexity index is 281. The molecule has 1 aliphatic rings. The molecule has 0 saturated heterocycles. The van der Waals surface area contributed by atoms with Gasteiger partial charge in [-0.3, -0.25) is 4.79 Å². The molecule has 3 N–H and O–H groups in total. The van der Waals surface area contributed by atoms with E-state index in [0.29, 0.717) is 12.3 Å². The Morgan fingerprint density at radius 2 is 2.12 bits per heavy atom. The van der Waals surface area contributed by atoms with Crippen LogP contribution in [0.1, 0.15) is 46.0 Å². The lowest BCUT2D eigenvalue weighted by Gasteiger charge is -2.20. The molecule has 0 aromatic rings. The molecule has 1 fully saturated rings. The predicted octanol–water partition coefficient (Wildman–Crippen LogP) is 1.73. The number of carbonyl (C=O) groups is 2. The molecule has 0 aromatic carbocycles. The van der Waals surface area contributed by atoms with Crippen molar-refractivity contribution in [1.82, 2.24) is 10.6 Å². The Hall–Kier alpha value is -1.26. The maximum absolute atomic E-state index is 11.7. The van der Waals surface area contributed by atoms with Gasteiger partial charge in [0.2, 0.25) is 0 Å². The Kier molecular flexibility index (Phi) is 5.25. The summed E-state index contributed by atoms with van der Waals surface area (Å²) < 4.78 is 0. The molecule has 1 saturated carbocycles. The molecule has 5 nitrogen and oxygen atoms in total. The maximum atomic E-state index is 11.7. The van der Waals surface area contributed by atoms with Gasteiger partial charge in [-0.1, -0.05) is 20.3 Å². The second kappa shape index (κ2) is 6.47. The van der Waals surface area contributed by atoms with Crippen molar-refractivity contribution in [1.29, 1.82) is 0 Å². The summed E-state index contributed by atoms with van der Waals surface area (Å²) in [5, 5.41) is 14.3. The number of amides is 2. The molecule has 0 bridgehead atoms. The lowest BCUT2D eigenvalue weighted by molar-refractivity contribution is -0.137. The highest BCUT2D eigenvalue weighted by atomic mass is 16.4. The smallest absolute Gasteiger partial charge is 0.315 e. The first-order chi connectivity index (χ1) is 8.02. The quantitative estimate of drug-likeness (QED) is 0.687.